The number of carbonyl (C=O) groups is 2. The first-order valence-corrected chi connectivity index (χ1v) is 9.72. The van der Waals surface area contributed by atoms with Gasteiger partial charge >= 0.3 is 5.97 Å². The Kier molecular flexibility index (Phi) is 6.50. The van der Waals surface area contributed by atoms with Crippen molar-refractivity contribution in [3.63, 3.8) is 0 Å². The van der Waals surface area contributed by atoms with Crippen molar-refractivity contribution >= 4 is 11.9 Å². The summed E-state index contributed by atoms with van der Waals surface area (Å²) in [4.78, 5) is 23.9. The normalized spacial score (nSPS) is 12.9. The van der Waals surface area contributed by atoms with Crippen LogP contribution in [0.2, 0.25) is 0 Å². The van der Waals surface area contributed by atoms with E-state index in [2.05, 4.69) is 29.6 Å². The monoisotopic (exact) mass is 390 g/mol. The summed E-state index contributed by atoms with van der Waals surface area (Å²) in [6.07, 6.45) is 4.51. The number of carbonyl (C=O) groups excluding carboxylic acids is 1. The second kappa shape index (κ2) is 9.24. The van der Waals surface area contributed by atoms with Crippen molar-refractivity contribution < 1.29 is 14.7 Å². The minimum atomic E-state index is -0.858. The Morgan fingerprint density at radius 1 is 1.00 bits per heavy atom. The highest BCUT2D eigenvalue weighted by molar-refractivity contribution is 5.94. The first kappa shape index (κ1) is 20.4. The van der Waals surface area contributed by atoms with Gasteiger partial charge in [0.25, 0.3) is 5.91 Å². The van der Waals surface area contributed by atoms with Crippen LogP contribution in [-0.2, 0) is 18.3 Å². The summed E-state index contributed by atoms with van der Waals surface area (Å²) in [5, 5.41) is 12.3. The molecular weight excluding hydrogens is 364 g/mol. The fraction of sp³-hybridized carbons (Fsp3) is 0.250. The molecule has 0 unspecified atom stereocenters. The molecule has 3 rings (SSSR count). The number of rotatable bonds is 8. The molecule has 0 radical (unpaired) electrons. The largest absolute Gasteiger partial charge is 0.481 e. The number of nitrogens with one attached hydrogen (secondary N) is 1. The summed E-state index contributed by atoms with van der Waals surface area (Å²) in [7, 11) is 1.86. The molecule has 5 heteroatoms. The maximum Gasteiger partial charge on any atom is 0.306 e. The van der Waals surface area contributed by atoms with Crippen molar-refractivity contribution in [2.75, 3.05) is 0 Å². The lowest BCUT2D eigenvalue weighted by molar-refractivity contribution is -0.141. The van der Waals surface area contributed by atoms with Crippen molar-refractivity contribution in [2.45, 2.75) is 25.8 Å². The van der Waals surface area contributed by atoms with E-state index in [0.717, 1.165) is 16.7 Å². The molecule has 1 amide bonds. The predicted molar refractivity (Wildman–Crippen MR) is 114 cm³/mol. The molecule has 3 aromatic rings. The summed E-state index contributed by atoms with van der Waals surface area (Å²) >= 11 is 0. The molecule has 0 bridgehead atoms. The molecule has 0 aliphatic carbocycles. The van der Waals surface area contributed by atoms with Crippen LogP contribution in [0.1, 0.15) is 29.3 Å². The molecule has 1 heterocycles. The summed E-state index contributed by atoms with van der Waals surface area (Å²) < 4.78 is 1.81. The summed E-state index contributed by atoms with van der Waals surface area (Å²) in [5.41, 5.74) is 3.89. The lowest BCUT2D eigenvalue weighted by Crippen LogP contribution is -2.38. The zero-order valence-corrected chi connectivity index (χ0v) is 16.7. The van der Waals surface area contributed by atoms with Gasteiger partial charge < -0.3 is 15.0 Å². The molecule has 150 valence electrons. The highest BCUT2D eigenvalue weighted by Gasteiger charge is 2.21. The molecule has 2 atom stereocenters. The van der Waals surface area contributed by atoms with Crippen LogP contribution in [0.5, 0.6) is 0 Å². The molecule has 29 heavy (non-hydrogen) atoms. The molecular formula is C24H26N2O3. The molecule has 0 saturated carbocycles. The van der Waals surface area contributed by atoms with Crippen LogP contribution in [-0.4, -0.2) is 27.6 Å². The van der Waals surface area contributed by atoms with Crippen LogP contribution in [0.15, 0.2) is 73.1 Å². The Labute approximate surface area is 171 Å². The fourth-order valence-electron chi connectivity index (χ4n) is 3.38. The van der Waals surface area contributed by atoms with Gasteiger partial charge in [-0.2, -0.15) is 0 Å². The Morgan fingerprint density at radius 2 is 1.66 bits per heavy atom. The maximum absolute atomic E-state index is 12.6. The third kappa shape index (κ3) is 5.57. The van der Waals surface area contributed by atoms with E-state index in [9.17, 15) is 14.7 Å². The van der Waals surface area contributed by atoms with Gasteiger partial charge in [-0.05, 0) is 35.6 Å². The lowest BCUT2D eigenvalue weighted by Gasteiger charge is -2.21. The predicted octanol–water partition coefficient (Wildman–Crippen LogP) is 4.14. The van der Waals surface area contributed by atoms with Gasteiger partial charge in [0, 0.05) is 25.5 Å². The van der Waals surface area contributed by atoms with E-state index in [1.54, 1.807) is 19.2 Å². The van der Waals surface area contributed by atoms with Gasteiger partial charge in [-0.25, -0.2) is 0 Å². The smallest absolute Gasteiger partial charge is 0.306 e. The van der Waals surface area contributed by atoms with Crippen LogP contribution in [0.4, 0.5) is 0 Å². The fourth-order valence-corrected chi connectivity index (χ4v) is 3.38. The number of aromatic nitrogens is 1. The highest BCUT2D eigenvalue weighted by atomic mass is 16.4. The molecule has 5 nitrogen and oxygen atoms in total. The first-order valence-electron chi connectivity index (χ1n) is 9.72. The topological polar surface area (TPSA) is 71.3 Å². The number of carboxylic acids is 1. The van der Waals surface area contributed by atoms with Crippen molar-refractivity contribution in [1.29, 1.82) is 0 Å². The van der Waals surface area contributed by atoms with Crippen LogP contribution in [0.25, 0.3) is 11.1 Å². The third-order valence-electron chi connectivity index (χ3n) is 5.03. The second-order valence-corrected chi connectivity index (χ2v) is 7.48. The van der Waals surface area contributed by atoms with Crippen molar-refractivity contribution in [3.05, 3.63) is 84.2 Å². The van der Waals surface area contributed by atoms with Crippen molar-refractivity contribution in [3.8, 4) is 11.1 Å². The molecule has 0 aliphatic heterocycles. The molecule has 1 aromatic heterocycles. The average molecular weight is 390 g/mol. The van der Waals surface area contributed by atoms with E-state index < -0.39 is 11.9 Å². The molecule has 0 saturated heterocycles. The third-order valence-corrected chi connectivity index (χ3v) is 5.03. The zero-order chi connectivity index (χ0) is 20.8. The number of carboxylic acid groups (broad SMARTS) is 1. The van der Waals surface area contributed by atoms with E-state index in [0.29, 0.717) is 18.4 Å². The Morgan fingerprint density at radius 3 is 2.24 bits per heavy atom. The second-order valence-electron chi connectivity index (χ2n) is 7.48. The first-order chi connectivity index (χ1) is 13.9. The summed E-state index contributed by atoms with van der Waals surface area (Å²) in [6, 6.07) is 19.8. The van der Waals surface area contributed by atoms with Gasteiger partial charge in [-0.3, -0.25) is 9.59 Å². The number of amides is 1. The van der Waals surface area contributed by atoms with Crippen molar-refractivity contribution in [2.24, 2.45) is 13.0 Å². The van der Waals surface area contributed by atoms with E-state index >= 15 is 0 Å². The van der Waals surface area contributed by atoms with Gasteiger partial charge in [-0.1, -0.05) is 61.5 Å². The standard InChI is InChI=1S/C24H26N2O3/c1-17(24(28)29)14-22(25-23(27)21-12-13-26(2)16-21)15-18-8-10-20(11-9-18)19-6-4-3-5-7-19/h3-13,16-17,22H,14-15H2,1-2H3,(H,25,27)(H,28,29)/t17-,22+/m1/s1. The van der Waals surface area contributed by atoms with Crippen LogP contribution >= 0.6 is 0 Å². The van der Waals surface area contributed by atoms with Gasteiger partial charge in [0.05, 0.1) is 11.5 Å². The Bertz CT molecular complexity index is 961. The average Bonchev–Trinajstić information content (AvgIpc) is 3.15. The minimum absolute atomic E-state index is 0.186. The van der Waals surface area contributed by atoms with Crippen LogP contribution < -0.4 is 5.32 Å². The van der Waals surface area contributed by atoms with E-state index in [1.807, 2.05) is 48.1 Å². The number of hydrogen-bond acceptors (Lipinski definition) is 2. The van der Waals surface area contributed by atoms with E-state index in [4.69, 9.17) is 0 Å². The number of hydrogen-bond donors (Lipinski definition) is 2. The molecule has 0 fully saturated rings. The van der Waals surface area contributed by atoms with Crippen LogP contribution in [0.3, 0.4) is 0 Å². The molecule has 2 N–H and O–H groups in total. The number of nitrogens with zero attached hydrogens (tertiary/aromatic N) is 1. The molecule has 2 aromatic carbocycles. The lowest BCUT2D eigenvalue weighted by atomic mass is 9.94. The van der Waals surface area contributed by atoms with Gasteiger partial charge in [0.2, 0.25) is 0 Å². The highest BCUT2D eigenvalue weighted by Crippen LogP contribution is 2.21. The Balaban J connectivity index is 1.73. The quantitative estimate of drug-likeness (QED) is 0.607. The maximum atomic E-state index is 12.6. The minimum Gasteiger partial charge on any atom is -0.481 e. The number of aliphatic carboxylic acids is 1. The van der Waals surface area contributed by atoms with Gasteiger partial charge in [0.1, 0.15) is 0 Å². The van der Waals surface area contributed by atoms with E-state index in [-0.39, 0.29) is 11.9 Å². The van der Waals surface area contributed by atoms with Gasteiger partial charge in [0.15, 0.2) is 0 Å². The van der Waals surface area contributed by atoms with E-state index in [1.165, 1.54) is 0 Å². The van der Waals surface area contributed by atoms with Gasteiger partial charge in [-0.15, -0.1) is 0 Å². The van der Waals surface area contributed by atoms with Crippen LogP contribution in [0, 0.1) is 5.92 Å². The zero-order valence-electron chi connectivity index (χ0n) is 16.7. The molecule has 0 spiro atoms. The number of benzene rings is 2. The summed E-state index contributed by atoms with van der Waals surface area (Å²) in [6.45, 7) is 1.67. The summed E-state index contributed by atoms with van der Waals surface area (Å²) in [5.74, 6) is -1.59. The Hall–Kier alpha value is -3.34. The molecule has 0 aliphatic rings. The van der Waals surface area contributed by atoms with Crippen molar-refractivity contribution in [1.82, 2.24) is 9.88 Å². The SMILES string of the molecule is C[C@H](C[C@@H](Cc1ccc(-c2ccccc2)cc1)NC(=O)c1ccn(C)c1)C(=O)O. The number of aryl methyl sites for hydroxylation is 1.